The summed E-state index contributed by atoms with van der Waals surface area (Å²) in [6.07, 6.45) is 5.11. The van der Waals surface area contributed by atoms with Crippen molar-refractivity contribution in [2.75, 3.05) is 20.6 Å². The molecule has 0 aliphatic heterocycles. The second-order valence-electron chi connectivity index (χ2n) is 4.73. The lowest BCUT2D eigenvalue weighted by Crippen LogP contribution is -2.24. The molecule has 0 radical (unpaired) electrons. The third kappa shape index (κ3) is 4.77. The summed E-state index contributed by atoms with van der Waals surface area (Å²) >= 11 is 0. The van der Waals surface area contributed by atoms with Crippen molar-refractivity contribution in [3.63, 3.8) is 0 Å². The molecule has 0 saturated carbocycles. The molecule has 0 aliphatic rings. The standard InChI is InChI=1S/C12H24N4/c1-11(2)14-10-12-13-6-9-16(12)8-5-7-15(3)4/h6,9,11,14H,5,7-8,10H2,1-4H3. The summed E-state index contributed by atoms with van der Waals surface area (Å²) in [4.78, 5) is 6.58. The van der Waals surface area contributed by atoms with Crippen molar-refractivity contribution in [1.29, 1.82) is 0 Å². The fraction of sp³-hybridized carbons (Fsp3) is 0.750. The van der Waals surface area contributed by atoms with E-state index < -0.39 is 0 Å². The Morgan fingerprint density at radius 1 is 1.44 bits per heavy atom. The first-order chi connectivity index (χ1) is 7.59. The summed E-state index contributed by atoms with van der Waals surface area (Å²) in [6.45, 7) is 7.33. The van der Waals surface area contributed by atoms with Gasteiger partial charge >= 0.3 is 0 Å². The van der Waals surface area contributed by atoms with Gasteiger partial charge in [0, 0.05) is 25.0 Å². The first-order valence-corrected chi connectivity index (χ1v) is 5.97. The topological polar surface area (TPSA) is 33.1 Å². The molecule has 0 unspecified atom stereocenters. The van der Waals surface area contributed by atoms with Crippen LogP contribution in [-0.2, 0) is 13.1 Å². The molecule has 0 spiro atoms. The average molecular weight is 224 g/mol. The smallest absolute Gasteiger partial charge is 0.122 e. The predicted octanol–water partition coefficient (Wildman–Crippen LogP) is 1.33. The minimum atomic E-state index is 0.506. The van der Waals surface area contributed by atoms with E-state index in [0.717, 1.165) is 31.9 Å². The monoisotopic (exact) mass is 224 g/mol. The highest BCUT2D eigenvalue weighted by Crippen LogP contribution is 2.00. The van der Waals surface area contributed by atoms with Gasteiger partial charge in [-0.05, 0) is 27.1 Å². The van der Waals surface area contributed by atoms with Crippen molar-refractivity contribution in [2.45, 2.75) is 39.4 Å². The maximum Gasteiger partial charge on any atom is 0.122 e. The van der Waals surface area contributed by atoms with E-state index in [-0.39, 0.29) is 0 Å². The number of hydrogen-bond acceptors (Lipinski definition) is 3. The van der Waals surface area contributed by atoms with Crippen LogP contribution in [0.5, 0.6) is 0 Å². The molecule has 0 aliphatic carbocycles. The number of aromatic nitrogens is 2. The van der Waals surface area contributed by atoms with Gasteiger partial charge in [-0.2, -0.15) is 0 Å². The Balaban J connectivity index is 2.38. The van der Waals surface area contributed by atoms with Crippen molar-refractivity contribution >= 4 is 0 Å². The van der Waals surface area contributed by atoms with E-state index in [9.17, 15) is 0 Å². The lowest BCUT2D eigenvalue weighted by Gasteiger charge is -2.12. The van der Waals surface area contributed by atoms with Crippen molar-refractivity contribution in [1.82, 2.24) is 19.8 Å². The molecule has 1 rings (SSSR count). The quantitative estimate of drug-likeness (QED) is 0.758. The average Bonchev–Trinajstić information content (AvgIpc) is 2.62. The van der Waals surface area contributed by atoms with Gasteiger partial charge in [-0.25, -0.2) is 4.98 Å². The summed E-state index contributed by atoms with van der Waals surface area (Å²) in [5.74, 6) is 1.13. The first-order valence-electron chi connectivity index (χ1n) is 5.97. The minimum Gasteiger partial charge on any atom is -0.334 e. The molecule has 1 heterocycles. The van der Waals surface area contributed by atoms with Crippen LogP contribution in [0.15, 0.2) is 12.4 Å². The molecule has 0 atom stereocenters. The highest BCUT2D eigenvalue weighted by molar-refractivity contribution is 4.92. The van der Waals surface area contributed by atoms with Crippen LogP contribution in [0, 0.1) is 0 Å². The molecule has 0 bridgehead atoms. The van der Waals surface area contributed by atoms with Crippen LogP contribution >= 0.6 is 0 Å². The largest absolute Gasteiger partial charge is 0.334 e. The summed E-state index contributed by atoms with van der Waals surface area (Å²) in [7, 11) is 4.21. The minimum absolute atomic E-state index is 0.506. The third-order valence-electron chi connectivity index (χ3n) is 2.47. The fourth-order valence-electron chi connectivity index (χ4n) is 1.56. The summed E-state index contributed by atoms with van der Waals surface area (Å²) in [5.41, 5.74) is 0. The maximum absolute atomic E-state index is 4.37. The Bertz CT molecular complexity index is 291. The van der Waals surface area contributed by atoms with E-state index in [4.69, 9.17) is 0 Å². The Kier molecular flexibility index (Phi) is 5.49. The van der Waals surface area contributed by atoms with E-state index in [0.29, 0.717) is 6.04 Å². The van der Waals surface area contributed by atoms with E-state index in [1.807, 2.05) is 6.20 Å². The van der Waals surface area contributed by atoms with E-state index in [1.165, 1.54) is 0 Å². The summed E-state index contributed by atoms with van der Waals surface area (Å²) in [6, 6.07) is 0.506. The van der Waals surface area contributed by atoms with Crippen LogP contribution < -0.4 is 5.32 Å². The third-order valence-corrected chi connectivity index (χ3v) is 2.47. The van der Waals surface area contributed by atoms with Gasteiger partial charge < -0.3 is 14.8 Å². The lowest BCUT2D eigenvalue weighted by atomic mass is 10.3. The summed E-state index contributed by atoms with van der Waals surface area (Å²) < 4.78 is 2.24. The van der Waals surface area contributed by atoms with Crippen LogP contribution in [0.1, 0.15) is 26.1 Å². The van der Waals surface area contributed by atoms with Crippen molar-refractivity contribution in [3.8, 4) is 0 Å². The molecule has 16 heavy (non-hydrogen) atoms. The van der Waals surface area contributed by atoms with Gasteiger partial charge in [-0.1, -0.05) is 13.8 Å². The molecule has 1 aromatic rings. The Hall–Kier alpha value is -0.870. The molecular weight excluding hydrogens is 200 g/mol. The molecule has 1 aromatic heterocycles. The van der Waals surface area contributed by atoms with Gasteiger partial charge in [-0.3, -0.25) is 0 Å². The maximum atomic E-state index is 4.37. The van der Waals surface area contributed by atoms with Gasteiger partial charge in [0.15, 0.2) is 0 Å². The Morgan fingerprint density at radius 3 is 2.81 bits per heavy atom. The number of imidazole rings is 1. The van der Waals surface area contributed by atoms with E-state index in [1.54, 1.807) is 0 Å². The van der Waals surface area contributed by atoms with Crippen molar-refractivity contribution in [3.05, 3.63) is 18.2 Å². The van der Waals surface area contributed by atoms with Crippen molar-refractivity contribution in [2.24, 2.45) is 0 Å². The van der Waals surface area contributed by atoms with Crippen LogP contribution in [0.4, 0.5) is 0 Å². The number of rotatable bonds is 7. The molecule has 0 saturated heterocycles. The molecule has 92 valence electrons. The zero-order valence-electron chi connectivity index (χ0n) is 10.9. The predicted molar refractivity (Wildman–Crippen MR) is 67.4 cm³/mol. The highest BCUT2D eigenvalue weighted by Gasteiger charge is 2.03. The van der Waals surface area contributed by atoms with Crippen LogP contribution in [0.25, 0.3) is 0 Å². The SMILES string of the molecule is CC(C)NCc1nccn1CCCN(C)C. The molecule has 0 amide bonds. The normalized spacial score (nSPS) is 11.6. The zero-order valence-corrected chi connectivity index (χ0v) is 10.9. The number of nitrogens with zero attached hydrogens (tertiary/aromatic N) is 3. The Labute approximate surface area is 98.7 Å². The van der Waals surface area contributed by atoms with E-state index >= 15 is 0 Å². The fourth-order valence-corrected chi connectivity index (χ4v) is 1.56. The molecule has 4 heteroatoms. The van der Waals surface area contributed by atoms with Gasteiger partial charge in [0.1, 0.15) is 5.82 Å². The van der Waals surface area contributed by atoms with Crippen LogP contribution in [0.2, 0.25) is 0 Å². The highest BCUT2D eigenvalue weighted by atomic mass is 15.1. The molecule has 0 fully saturated rings. The molecule has 4 nitrogen and oxygen atoms in total. The lowest BCUT2D eigenvalue weighted by molar-refractivity contribution is 0.383. The number of nitrogens with one attached hydrogen (secondary N) is 1. The second kappa shape index (κ2) is 6.66. The molecule has 0 aromatic carbocycles. The number of hydrogen-bond donors (Lipinski definition) is 1. The second-order valence-corrected chi connectivity index (χ2v) is 4.73. The van der Waals surface area contributed by atoms with Gasteiger partial charge in [0.05, 0.1) is 6.54 Å². The van der Waals surface area contributed by atoms with Gasteiger partial charge in [-0.15, -0.1) is 0 Å². The Morgan fingerprint density at radius 2 is 2.19 bits per heavy atom. The van der Waals surface area contributed by atoms with Gasteiger partial charge in [0.25, 0.3) is 0 Å². The van der Waals surface area contributed by atoms with Gasteiger partial charge in [0.2, 0.25) is 0 Å². The molecular formula is C12H24N4. The van der Waals surface area contributed by atoms with Crippen LogP contribution in [0.3, 0.4) is 0 Å². The van der Waals surface area contributed by atoms with E-state index in [2.05, 4.69) is 53.9 Å². The van der Waals surface area contributed by atoms with Crippen molar-refractivity contribution < 1.29 is 0 Å². The number of aryl methyl sites for hydroxylation is 1. The zero-order chi connectivity index (χ0) is 12.0. The first kappa shape index (κ1) is 13.2. The molecule has 1 N–H and O–H groups in total. The summed E-state index contributed by atoms with van der Waals surface area (Å²) in [5, 5.41) is 3.39. The van der Waals surface area contributed by atoms with Crippen LogP contribution in [-0.4, -0.2) is 41.1 Å².